The summed E-state index contributed by atoms with van der Waals surface area (Å²) in [6.07, 6.45) is -4.91. The average Bonchev–Trinajstić information content (AvgIpc) is 3.91. The molecule has 7 heterocycles. The van der Waals surface area contributed by atoms with Gasteiger partial charge in [0.15, 0.2) is 49.1 Å². The fourth-order valence-corrected chi connectivity index (χ4v) is 16.1. The SMILES string of the molecule is COC1CC(OC2C(O)CC(OC3C(C)OC(OC4C(C)OC(OC5C(C)OC(OC6CCC7(C)C(CCC89OC(C)C%10CC(OC(C)=O)C(=O)C%10(C)C(CC87)O9)C6)CC5OC)CC4OC)CC3OC)OC2C)OC(C)C1O. The number of aliphatic hydroxyl groups excluding tert-OH is 2. The highest BCUT2D eigenvalue weighted by molar-refractivity contribution is 5.93. The lowest BCUT2D eigenvalue weighted by molar-refractivity contribution is -0.351. The van der Waals surface area contributed by atoms with Gasteiger partial charge in [0.2, 0.25) is 0 Å². The molecule has 21 heteroatoms. The van der Waals surface area contributed by atoms with Crippen molar-refractivity contribution in [3.8, 4) is 0 Å². The Morgan fingerprint density at radius 2 is 1.01 bits per heavy atom. The molecule has 0 aromatic rings. The lowest BCUT2D eigenvalue weighted by Crippen LogP contribution is -2.58. The van der Waals surface area contributed by atoms with E-state index in [4.69, 9.17) is 80.5 Å². The van der Waals surface area contributed by atoms with Gasteiger partial charge in [-0.15, -0.1) is 0 Å². The van der Waals surface area contributed by atoms with Gasteiger partial charge in [0, 0.05) is 85.7 Å². The van der Waals surface area contributed by atoms with Gasteiger partial charge in [0.05, 0.1) is 84.8 Å². The molecule has 30 atom stereocenters. The van der Waals surface area contributed by atoms with Crippen LogP contribution in [0.4, 0.5) is 0 Å². The first-order chi connectivity index (χ1) is 37.1. The first-order valence-electron chi connectivity index (χ1n) is 29.2. The topological polar surface area (TPSA) is 232 Å². The molecule has 10 rings (SSSR count). The zero-order valence-electron chi connectivity index (χ0n) is 48.2. The number of hydrogen-bond donors (Lipinski definition) is 2. The summed E-state index contributed by atoms with van der Waals surface area (Å²) in [7, 11) is 6.52. The normalized spacial score (nSPS) is 53.4. The Labute approximate surface area is 460 Å². The van der Waals surface area contributed by atoms with Gasteiger partial charge in [0.1, 0.15) is 30.5 Å². The number of methoxy groups -OCH3 is 4. The van der Waals surface area contributed by atoms with Crippen molar-refractivity contribution in [1.82, 2.24) is 0 Å². The molecule has 2 bridgehead atoms. The van der Waals surface area contributed by atoms with Gasteiger partial charge < -0.3 is 90.7 Å². The van der Waals surface area contributed by atoms with Gasteiger partial charge in [-0.05, 0) is 98.3 Å². The maximum atomic E-state index is 14.0. The van der Waals surface area contributed by atoms with Crippen LogP contribution < -0.4 is 0 Å². The first kappa shape index (κ1) is 59.6. The molecule has 7 saturated heterocycles. The van der Waals surface area contributed by atoms with Gasteiger partial charge in [-0.25, -0.2) is 0 Å². The van der Waals surface area contributed by atoms with Gasteiger partial charge in [-0.3, -0.25) is 9.59 Å². The predicted molar refractivity (Wildman–Crippen MR) is 272 cm³/mol. The van der Waals surface area contributed by atoms with E-state index in [0.29, 0.717) is 38.0 Å². The number of ketones is 1. The molecule has 0 radical (unpaired) electrons. The summed E-state index contributed by atoms with van der Waals surface area (Å²) in [6.45, 7) is 17.3. The minimum Gasteiger partial charge on any atom is -0.455 e. The third kappa shape index (κ3) is 11.3. The molecule has 0 amide bonds. The quantitative estimate of drug-likeness (QED) is 0.162. The molecular formula is C57H92O21. The van der Waals surface area contributed by atoms with E-state index in [1.54, 1.807) is 35.4 Å². The van der Waals surface area contributed by atoms with Crippen LogP contribution in [0.25, 0.3) is 0 Å². The van der Waals surface area contributed by atoms with E-state index in [0.717, 1.165) is 38.5 Å². The molecule has 78 heavy (non-hydrogen) atoms. The third-order valence-corrected chi connectivity index (χ3v) is 20.4. The fraction of sp³-hybridized carbons (Fsp3) is 0.965. The molecule has 10 fully saturated rings. The van der Waals surface area contributed by atoms with E-state index in [2.05, 4.69) is 13.8 Å². The van der Waals surface area contributed by atoms with Gasteiger partial charge in [0.25, 0.3) is 0 Å². The summed E-state index contributed by atoms with van der Waals surface area (Å²) in [6, 6.07) is 0. The summed E-state index contributed by atoms with van der Waals surface area (Å²) >= 11 is 0. The number of fused-ring (bicyclic) bond motifs is 5. The molecule has 10 aliphatic rings. The Kier molecular flexibility index (Phi) is 18.2. The van der Waals surface area contributed by atoms with Gasteiger partial charge >= 0.3 is 5.97 Å². The molecule has 3 saturated carbocycles. The van der Waals surface area contributed by atoms with Crippen LogP contribution in [0.5, 0.6) is 0 Å². The van der Waals surface area contributed by atoms with Crippen LogP contribution in [0.1, 0.15) is 139 Å². The van der Waals surface area contributed by atoms with Gasteiger partial charge in [-0.1, -0.05) is 6.92 Å². The monoisotopic (exact) mass is 1110 g/mol. The Hall–Kier alpha value is -1.58. The van der Waals surface area contributed by atoms with Crippen LogP contribution in [0, 0.1) is 28.6 Å². The maximum Gasteiger partial charge on any atom is 0.303 e. The molecule has 3 aliphatic carbocycles. The van der Waals surface area contributed by atoms with Crippen LogP contribution in [0.15, 0.2) is 0 Å². The van der Waals surface area contributed by atoms with Crippen molar-refractivity contribution in [3.63, 3.8) is 0 Å². The third-order valence-electron chi connectivity index (χ3n) is 20.4. The maximum absolute atomic E-state index is 14.0. The average molecular weight is 1110 g/mol. The summed E-state index contributed by atoms with van der Waals surface area (Å²) in [4.78, 5) is 26.0. The van der Waals surface area contributed by atoms with E-state index >= 15 is 0 Å². The smallest absolute Gasteiger partial charge is 0.303 e. The van der Waals surface area contributed by atoms with Crippen molar-refractivity contribution >= 4 is 11.8 Å². The Morgan fingerprint density at radius 3 is 1.53 bits per heavy atom. The highest BCUT2D eigenvalue weighted by atomic mass is 16.8. The summed E-state index contributed by atoms with van der Waals surface area (Å²) in [5, 5.41) is 21.7. The molecule has 0 aromatic heterocycles. The number of rotatable bonds is 15. The van der Waals surface area contributed by atoms with E-state index < -0.39 is 134 Å². The minimum absolute atomic E-state index is 0.000408. The zero-order valence-corrected chi connectivity index (χ0v) is 48.2. The van der Waals surface area contributed by atoms with Crippen molar-refractivity contribution in [2.45, 2.75) is 293 Å². The van der Waals surface area contributed by atoms with E-state index in [1.165, 1.54) is 6.92 Å². The number of Topliss-reactive ketones (excluding diaryl/α,β-unsaturated/α-hetero) is 1. The van der Waals surface area contributed by atoms with Crippen molar-refractivity contribution in [1.29, 1.82) is 0 Å². The number of ether oxygens (including phenoxy) is 17. The number of esters is 1. The minimum atomic E-state index is -0.909. The molecule has 30 unspecified atom stereocenters. The standard InChI is InChI=1S/C57H92O21/c1-26-35-19-41(71-32(7)58)54(61)56(35,9)43-25-42-55(8)16-15-34(18-33(55)14-17-57(42,77-26)78-43)72-45-22-38(63-11)52(29(4)68-45)75-48-24-40(65-13)53(31(6)70-48)76-47-23-39(64-12)51(30(5)69-47)74-44-20-36(59)50(28(3)67-44)73-46-21-37(62-10)49(60)27(2)66-46/h26-31,33-53,59-60H,14-25H2,1-13H3. The highest BCUT2D eigenvalue weighted by Crippen LogP contribution is 2.67. The van der Waals surface area contributed by atoms with Crippen LogP contribution >= 0.6 is 0 Å². The molecule has 2 N–H and O–H groups in total. The van der Waals surface area contributed by atoms with E-state index in [1.807, 2.05) is 34.6 Å². The molecule has 0 aromatic carbocycles. The zero-order chi connectivity index (χ0) is 55.7. The Morgan fingerprint density at radius 1 is 0.538 bits per heavy atom. The van der Waals surface area contributed by atoms with Gasteiger partial charge in [-0.2, -0.15) is 0 Å². The molecule has 1 spiro atoms. The van der Waals surface area contributed by atoms with Crippen LogP contribution in [-0.2, 0) is 90.1 Å². The molecular weight excluding hydrogens is 1020 g/mol. The number of carbonyl (C=O) groups is 2. The second-order valence-electron chi connectivity index (χ2n) is 25.0. The Balaban J connectivity index is 0.688. The summed E-state index contributed by atoms with van der Waals surface area (Å²) in [5.41, 5.74) is -0.858. The number of aliphatic hydroxyl groups is 2. The van der Waals surface area contributed by atoms with Crippen LogP contribution in [0.3, 0.4) is 0 Å². The Bertz CT molecular complexity index is 2040. The van der Waals surface area contributed by atoms with E-state index in [9.17, 15) is 19.8 Å². The van der Waals surface area contributed by atoms with Crippen LogP contribution in [-0.4, -0.2) is 204 Å². The summed E-state index contributed by atoms with van der Waals surface area (Å²) < 4.78 is 108. The molecule has 446 valence electrons. The second-order valence-corrected chi connectivity index (χ2v) is 25.0. The van der Waals surface area contributed by atoms with Crippen molar-refractivity contribution in [3.05, 3.63) is 0 Å². The van der Waals surface area contributed by atoms with Crippen molar-refractivity contribution in [2.24, 2.45) is 28.6 Å². The predicted octanol–water partition coefficient (Wildman–Crippen LogP) is 5.02. The molecule has 21 nitrogen and oxygen atoms in total. The summed E-state index contributed by atoms with van der Waals surface area (Å²) in [5.74, 6) is -0.803. The van der Waals surface area contributed by atoms with Crippen molar-refractivity contribution < 1.29 is 100 Å². The van der Waals surface area contributed by atoms with Crippen molar-refractivity contribution in [2.75, 3.05) is 28.4 Å². The van der Waals surface area contributed by atoms with E-state index in [-0.39, 0.29) is 60.0 Å². The second kappa shape index (κ2) is 23.8. The fourth-order valence-electron chi connectivity index (χ4n) is 16.1. The largest absolute Gasteiger partial charge is 0.455 e. The lowest BCUT2D eigenvalue weighted by atomic mass is 9.52. The molecule has 7 aliphatic heterocycles. The number of carbonyl (C=O) groups excluding carboxylic acids is 2. The highest BCUT2D eigenvalue weighted by Gasteiger charge is 2.72. The number of hydrogen-bond acceptors (Lipinski definition) is 21. The first-order valence-corrected chi connectivity index (χ1v) is 29.2. The van der Waals surface area contributed by atoms with Crippen LogP contribution in [0.2, 0.25) is 0 Å². The lowest BCUT2D eigenvalue weighted by Gasteiger charge is -2.57.